The maximum absolute atomic E-state index is 12.4. The average molecular weight is 428 g/mol. The van der Waals surface area contributed by atoms with E-state index in [-0.39, 0.29) is 12.5 Å². The zero-order valence-corrected chi connectivity index (χ0v) is 15.7. The summed E-state index contributed by atoms with van der Waals surface area (Å²) in [5, 5.41) is 15.8. The molecule has 0 saturated heterocycles. The lowest BCUT2D eigenvalue weighted by Crippen LogP contribution is -2.16. The minimum absolute atomic E-state index is 0.215. The van der Waals surface area contributed by atoms with Crippen LogP contribution in [0.3, 0.4) is 0 Å². The quantitative estimate of drug-likeness (QED) is 0.475. The molecule has 0 fully saturated rings. The van der Waals surface area contributed by atoms with Crippen molar-refractivity contribution in [3.63, 3.8) is 0 Å². The Morgan fingerprint density at radius 2 is 1.89 bits per heavy atom. The molecule has 0 aliphatic carbocycles. The maximum Gasteiger partial charge on any atom is 0.289 e. The van der Waals surface area contributed by atoms with E-state index in [9.17, 15) is 18.5 Å². The molecule has 0 atom stereocenters. The third-order valence-electron chi connectivity index (χ3n) is 3.44. The molecule has 140 valence electrons. The van der Waals surface area contributed by atoms with Gasteiger partial charge in [-0.25, -0.2) is 17.8 Å². The molecular formula is C15H11Cl2N5O4S. The van der Waals surface area contributed by atoms with Crippen LogP contribution in [0.25, 0.3) is 0 Å². The van der Waals surface area contributed by atoms with Crippen molar-refractivity contribution in [3.8, 4) is 0 Å². The van der Waals surface area contributed by atoms with Crippen LogP contribution in [0.5, 0.6) is 0 Å². The summed E-state index contributed by atoms with van der Waals surface area (Å²) in [7, 11) is -4.23. The summed E-state index contributed by atoms with van der Waals surface area (Å²) < 4.78 is 28.4. The molecule has 0 aliphatic heterocycles. The summed E-state index contributed by atoms with van der Waals surface area (Å²) in [4.78, 5) is 13.7. The molecule has 27 heavy (non-hydrogen) atoms. The number of anilines is 1. The molecule has 0 saturated carbocycles. The highest BCUT2D eigenvalue weighted by Gasteiger charge is 2.26. The number of nitrogens with one attached hydrogen (secondary N) is 1. The molecule has 2 aromatic carbocycles. The van der Waals surface area contributed by atoms with E-state index in [2.05, 4.69) is 14.8 Å². The molecule has 1 heterocycles. The number of hydrogen-bond donors (Lipinski definition) is 1. The number of nitro groups is 1. The third-order valence-corrected chi connectivity index (χ3v) is 5.56. The molecule has 1 N–H and O–H groups in total. The van der Waals surface area contributed by atoms with Gasteiger partial charge in [-0.1, -0.05) is 41.4 Å². The predicted octanol–water partition coefficient (Wildman–Crippen LogP) is 3.34. The first-order valence-corrected chi connectivity index (χ1v) is 9.60. The lowest BCUT2D eigenvalue weighted by Gasteiger charge is -2.05. The number of nitro benzene ring substituents is 1. The van der Waals surface area contributed by atoms with Crippen molar-refractivity contribution in [2.75, 3.05) is 4.72 Å². The van der Waals surface area contributed by atoms with Gasteiger partial charge in [-0.15, -0.1) is 5.10 Å². The topological polar surface area (TPSA) is 120 Å². The van der Waals surface area contributed by atoms with Crippen molar-refractivity contribution < 1.29 is 13.3 Å². The summed E-state index contributed by atoms with van der Waals surface area (Å²) in [6.45, 7) is 0.275. The number of rotatable bonds is 6. The van der Waals surface area contributed by atoms with E-state index < -0.39 is 25.5 Å². The lowest BCUT2D eigenvalue weighted by atomic mass is 10.2. The molecule has 9 nitrogen and oxygen atoms in total. The molecular weight excluding hydrogens is 417 g/mol. The van der Waals surface area contributed by atoms with Crippen molar-refractivity contribution >= 4 is 44.9 Å². The fourth-order valence-corrected chi connectivity index (χ4v) is 3.69. The number of aromatic nitrogens is 3. The first-order valence-electron chi connectivity index (χ1n) is 7.36. The highest BCUT2D eigenvalue weighted by Crippen LogP contribution is 2.25. The van der Waals surface area contributed by atoms with E-state index >= 15 is 0 Å². The Bertz CT molecular complexity index is 1120. The summed E-state index contributed by atoms with van der Waals surface area (Å²) in [6, 6.07) is 10.0. The predicted molar refractivity (Wildman–Crippen MR) is 99.5 cm³/mol. The van der Waals surface area contributed by atoms with Crippen molar-refractivity contribution in [3.05, 3.63) is 74.5 Å². The van der Waals surface area contributed by atoms with Gasteiger partial charge in [0.15, 0.2) is 4.90 Å². The minimum atomic E-state index is -4.23. The lowest BCUT2D eigenvalue weighted by molar-refractivity contribution is -0.387. The second kappa shape index (κ2) is 7.51. The smallest absolute Gasteiger partial charge is 0.258 e. The molecule has 0 bridgehead atoms. The molecule has 12 heteroatoms. The Morgan fingerprint density at radius 3 is 2.59 bits per heavy atom. The van der Waals surface area contributed by atoms with Gasteiger partial charge in [-0.05, 0) is 23.8 Å². The van der Waals surface area contributed by atoms with Crippen LogP contribution in [0.1, 0.15) is 5.56 Å². The van der Waals surface area contributed by atoms with Gasteiger partial charge in [0.2, 0.25) is 0 Å². The Morgan fingerprint density at radius 1 is 1.15 bits per heavy atom. The molecule has 0 amide bonds. The molecule has 3 rings (SSSR count). The zero-order valence-electron chi connectivity index (χ0n) is 13.4. The monoisotopic (exact) mass is 427 g/mol. The summed E-state index contributed by atoms with van der Waals surface area (Å²) in [5.41, 5.74) is 0.239. The normalized spacial score (nSPS) is 11.3. The number of halogens is 2. The zero-order chi connectivity index (χ0) is 19.6. The number of hydrogen-bond acceptors (Lipinski definition) is 6. The summed E-state index contributed by atoms with van der Waals surface area (Å²) in [5.74, 6) is -0.215. The Hall–Kier alpha value is -2.69. The first kappa shape index (κ1) is 19.1. The molecule has 0 aliphatic rings. The van der Waals surface area contributed by atoms with Crippen molar-refractivity contribution in [1.82, 2.24) is 14.8 Å². The number of benzene rings is 2. The highest BCUT2D eigenvalue weighted by atomic mass is 35.5. The Kier molecular flexibility index (Phi) is 5.31. The average Bonchev–Trinajstić information content (AvgIpc) is 3.04. The van der Waals surface area contributed by atoms with Crippen LogP contribution in [0, 0.1) is 10.1 Å². The number of sulfonamides is 1. The number of para-hydroxylation sites is 1. The fraction of sp³-hybridized carbons (Fsp3) is 0.0667. The minimum Gasteiger partial charge on any atom is -0.258 e. The largest absolute Gasteiger partial charge is 0.289 e. The van der Waals surface area contributed by atoms with E-state index in [0.717, 1.165) is 17.7 Å². The van der Waals surface area contributed by atoms with Crippen molar-refractivity contribution in [2.24, 2.45) is 0 Å². The maximum atomic E-state index is 12.4. The van der Waals surface area contributed by atoms with Gasteiger partial charge < -0.3 is 0 Å². The van der Waals surface area contributed by atoms with Crippen LogP contribution in [0.15, 0.2) is 53.7 Å². The van der Waals surface area contributed by atoms with Gasteiger partial charge in [-0.3, -0.25) is 10.1 Å². The first-order chi connectivity index (χ1) is 12.8. The standard InChI is InChI=1S/C15H11Cl2N5O4S/c16-11-6-5-10(7-12(11)17)8-21-9-18-15(19-21)20-27(25,26)14-4-2-1-3-13(14)22(23)24/h1-7,9H,8H2,(H,19,20). The van der Waals surface area contributed by atoms with Gasteiger partial charge in [0.25, 0.3) is 21.7 Å². The van der Waals surface area contributed by atoms with Crippen LogP contribution >= 0.6 is 23.2 Å². The summed E-state index contributed by atoms with van der Waals surface area (Å²) >= 11 is 11.8. The van der Waals surface area contributed by atoms with E-state index in [1.165, 1.54) is 23.1 Å². The third kappa shape index (κ3) is 4.35. The second-order valence-corrected chi connectivity index (χ2v) is 7.81. The van der Waals surface area contributed by atoms with E-state index in [4.69, 9.17) is 23.2 Å². The molecule has 3 aromatic rings. The van der Waals surface area contributed by atoms with Gasteiger partial charge in [0, 0.05) is 6.07 Å². The van der Waals surface area contributed by atoms with Gasteiger partial charge in [0.05, 0.1) is 21.5 Å². The number of nitrogens with zero attached hydrogens (tertiary/aromatic N) is 4. The van der Waals surface area contributed by atoms with Crippen LogP contribution in [-0.4, -0.2) is 28.1 Å². The molecule has 0 spiro atoms. The SMILES string of the molecule is O=[N+]([O-])c1ccccc1S(=O)(=O)Nc1ncn(Cc2ccc(Cl)c(Cl)c2)n1. The highest BCUT2D eigenvalue weighted by molar-refractivity contribution is 7.92. The van der Waals surface area contributed by atoms with Crippen LogP contribution in [0.4, 0.5) is 11.6 Å². The molecule has 0 unspecified atom stereocenters. The summed E-state index contributed by atoms with van der Waals surface area (Å²) in [6.07, 6.45) is 1.32. The van der Waals surface area contributed by atoms with E-state index in [0.29, 0.717) is 10.0 Å². The van der Waals surface area contributed by atoms with E-state index in [1.807, 2.05) is 0 Å². The van der Waals surface area contributed by atoms with Gasteiger partial charge in [-0.2, -0.15) is 4.98 Å². The van der Waals surface area contributed by atoms with E-state index in [1.54, 1.807) is 18.2 Å². The fourth-order valence-electron chi connectivity index (χ4n) is 2.25. The van der Waals surface area contributed by atoms with Crippen LogP contribution < -0.4 is 4.72 Å². The Balaban J connectivity index is 1.81. The molecule has 1 aromatic heterocycles. The van der Waals surface area contributed by atoms with Gasteiger partial charge in [0.1, 0.15) is 6.33 Å². The Labute approximate surface area is 163 Å². The van der Waals surface area contributed by atoms with Gasteiger partial charge >= 0.3 is 0 Å². The molecule has 0 radical (unpaired) electrons. The second-order valence-electron chi connectivity index (χ2n) is 5.34. The van der Waals surface area contributed by atoms with Crippen LogP contribution in [0.2, 0.25) is 10.0 Å². The van der Waals surface area contributed by atoms with Crippen LogP contribution in [-0.2, 0) is 16.6 Å². The van der Waals surface area contributed by atoms with Crippen molar-refractivity contribution in [2.45, 2.75) is 11.4 Å². The van der Waals surface area contributed by atoms with Crippen molar-refractivity contribution in [1.29, 1.82) is 0 Å².